The lowest BCUT2D eigenvalue weighted by Crippen LogP contribution is -2.29. The van der Waals surface area contributed by atoms with Gasteiger partial charge in [0.05, 0.1) is 5.75 Å². The van der Waals surface area contributed by atoms with Crippen LogP contribution in [-0.2, 0) is 10.0 Å². The van der Waals surface area contributed by atoms with Crippen molar-refractivity contribution in [3.05, 3.63) is 24.3 Å². The number of alkyl halides is 3. The molecule has 0 amide bonds. The van der Waals surface area contributed by atoms with Gasteiger partial charge in [-0.05, 0) is 30.7 Å². The summed E-state index contributed by atoms with van der Waals surface area (Å²) in [6.45, 7) is -0.200. The van der Waals surface area contributed by atoms with Gasteiger partial charge in [-0.2, -0.15) is 13.2 Å². The SMILES string of the molecule is Nc1ccc(SCCS(=O)(=O)NCCCC(F)(F)F)cc1. The van der Waals surface area contributed by atoms with Gasteiger partial charge in [0.15, 0.2) is 0 Å². The quantitative estimate of drug-likeness (QED) is 0.433. The largest absolute Gasteiger partial charge is 0.399 e. The summed E-state index contributed by atoms with van der Waals surface area (Å²) in [6, 6.07) is 6.99. The molecule has 0 heterocycles. The van der Waals surface area contributed by atoms with Crippen molar-refractivity contribution in [2.45, 2.75) is 23.9 Å². The number of hydrogen-bond donors (Lipinski definition) is 2. The molecule has 0 radical (unpaired) electrons. The lowest BCUT2D eigenvalue weighted by Gasteiger charge is -2.08. The molecule has 0 unspecified atom stereocenters. The van der Waals surface area contributed by atoms with Crippen LogP contribution in [0.3, 0.4) is 0 Å². The number of nitrogens with two attached hydrogens (primary N) is 1. The number of nitrogens with one attached hydrogen (secondary N) is 1. The smallest absolute Gasteiger partial charge is 0.389 e. The molecule has 0 aliphatic heterocycles. The van der Waals surface area contributed by atoms with Crippen molar-refractivity contribution >= 4 is 27.5 Å². The summed E-state index contributed by atoms with van der Waals surface area (Å²) in [5.74, 6) is 0.173. The molecule has 0 aromatic heterocycles. The minimum absolute atomic E-state index is 0.145. The third-order valence-electron chi connectivity index (χ3n) is 2.46. The zero-order valence-corrected chi connectivity index (χ0v) is 12.8. The van der Waals surface area contributed by atoms with Crippen LogP contribution < -0.4 is 10.5 Å². The lowest BCUT2D eigenvalue weighted by molar-refractivity contribution is -0.135. The Morgan fingerprint density at radius 2 is 1.81 bits per heavy atom. The first kappa shape index (κ1) is 18.1. The zero-order chi connectivity index (χ0) is 15.9. The highest BCUT2D eigenvalue weighted by molar-refractivity contribution is 8.00. The first-order valence-corrected chi connectivity index (χ1v) is 8.84. The molecule has 1 aromatic carbocycles. The Balaban J connectivity index is 2.25. The second-order valence-electron chi connectivity index (χ2n) is 4.35. The topological polar surface area (TPSA) is 72.2 Å². The molecule has 0 atom stereocenters. The zero-order valence-electron chi connectivity index (χ0n) is 11.2. The average Bonchev–Trinajstić information content (AvgIpc) is 2.36. The van der Waals surface area contributed by atoms with Crippen molar-refractivity contribution in [2.75, 3.05) is 23.8 Å². The molecule has 0 saturated carbocycles. The van der Waals surface area contributed by atoms with E-state index in [4.69, 9.17) is 5.73 Å². The maximum Gasteiger partial charge on any atom is 0.389 e. The molecule has 0 spiro atoms. The van der Waals surface area contributed by atoms with E-state index in [0.717, 1.165) is 4.90 Å². The third-order valence-corrected chi connectivity index (χ3v) is 5.12. The van der Waals surface area contributed by atoms with Crippen molar-refractivity contribution in [2.24, 2.45) is 0 Å². The second kappa shape index (κ2) is 7.90. The number of nitrogen functional groups attached to an aromatic ring is 1. The molecule has 9 heteroatoms. The molecule has 0 aliphatic carbocycles. The summed E-state index contributed by atoms with van der Waals surface area (Å²) < 4.78 is 61.0. The molecule has 3 N–H and O–H groups in total. The summed E-state index contributed by atoms with van der Waals surface area (Å²) in [6.07, 6.45) is -5.50. The van der Waals surface area contributed by atoms with E-state index in [-0.39, 0.29) is 18.7 Å². The molecule has 0 aliphatic rings. The average molecular weight is 342 g/mol. The number of rotatable bonds is 8. The fourth-order valence-corrected chi connectivity index (χ4v) is 3.80. The van der Waals surface area contributed by atoms with Gasteiger partial charge in [0, 0.05) is 29.3 Å². The number of anilines is 1. The Labute approximate surface area is 126 Å². The van der Waals surface area contributed by atoms with Crippen molar-refractivity contribution in [1.82, 2.24) is 4.72 Å². The van der Waals surface area contributed by atoms with Crippen LogP contribution in [0.15, 0.2) is 29.2 Å². The number of halogens is 3. The van der Waals surface area contributed by atoms with Gasteiger partial charge >= 0.3 is 6.18 Å². The highest BCUT2D eigenvalue weighted by atomic mass is 32.2. The number of thioether (sulfide) groups is 1. The molecular weight excluding hydrogens is 325 g/mol. The summed E-state index contributed by atoms with van der Waals surface area (Å²) >= 11 is 1.34. The predicted molar refractivity (Wildman–Crippen MR) is 78.7 cm³/mol. The standard InChI is InChI=1S/C12H17F3N2O2S2/c13-12(14,15)6-1-7-17-21(18,19)9-8-20-11-4-2-10(16)3-5-11/h2-5,17H,1,6-9,16H2. The predicted octanol–water partition coefficient (Wildman–Crippen LogP) is 2.62. The summed E-state index contributed by atoms with van der Waals surface area (Å²) in [7, 11) is -3.54. The Kier molecular flexibility index (Phi) is 6.82. The maximum absolute atomic E-state index is 11.9. The van der Waals surface area contributed by atoms with Crippen molar-refractivity contribution in [3.8, 4) is 0 Å². The van der Waals surface area contributed by atoms with Gasteiger partial charge in [-0.25, -0.2) is 13.1 Å². The first-order chi connectivity index (χ1) is 9.68. The van der Waals surface area contributed by atoms with E-state index in [2.05, 4.69) is 4.72 Å². The van der Waals surface area contributed by atoms with Crippen molar-refractivity contribution in [3.63, 3.8) is 0 Å². The first-order valence-electron chi connectivity index (χ1n) is 6.20. The van der Waals surface area contributed by atoms with E-state index in [1.807, 2.05) is 0 Å². The third kappa shape index (κ3) is 8.84. The molecule has 0 fully saturated rings. The van der Waals surface area contributed by atoms with Crippen LogP contribution in [0.1, 0.15) is 12.8 Å². The minimum atomic E-state index is -4.25. The maximum atomic E-state index is 11.9. The highest BCUT2D eigenvalue weighted by Gasteiger charge is 2.26. The van der Waals surface area contributed by atoms with Gasteiger partial charge in [-0.15, -0.1) is 11.8 Å². The summed E-state index contributed by atoms with van der Waals surface area (Å²) in [5, 5.41) is 0. The van der Waals surface area contributed by atoms with Gasteiger partial charge in [0.1, 0.15) is 0 Å². The molecular formula is C12H17F3N2O2S2. The molecule has 1 aromatic rings. The molecule has 21 heavy (non-hydrogen) atoms. The van der Waals surface area contributed by atoms with Crippen LogP contribution in [0, 0.1) is 0 Å². The monoisotopic (exact) mass is 342 g/mol. The molecule has 120 valence electrons. The normalized spacial score (nSPS) is 12.5. The van der Waals surface area contributed by atoms with E-state index < -0.39 is 22.6 Å². The van der Waals surface area contributed by atoms with Crippen LogP contribution in [0.25, 0.3) is 0 Å². The van der Waals surface area contributed by atoms with E-state index >= 15 is 0 Å². The van der Waals surface area contributed by atoms with Gasteiger partial charge < -0.3 is 5.73 Å². The lowest BCUT2D eigenvalue weighted by atomic mass is 10.3. The van der Waals surface area contributed by atoms with Crippen molar-refractivity contribution in [1.29, 1.82) is 0 Å². The molecule has 4 nitrogen and oxygen atoms in total. The van der Waals surface area contributed by atoms with Gasteiger partial charge in [-0.1, -0.05) is 0 Å². The van der Waals surface area contributed by atoms with Crippen LogP contribution in [0.2, 0.25) is 0 Å². The van der Waals surface area contributed by atoms with E-state index in [1.54, 1.807) is 24.3 Å². The molecule has 0 saturated heterocycles. The molecule has 0 bridgehead atoms. The summed E-state index contributed by atoms with van der Waals surface area (Å²) in [5.41, 5.74) is 6.15. The Morgan fingerprint density at radius 3 is 2.38 bits per heavy atom. The Bertz CT molecular complexity index is 530. The number of benzene rings is 1. The van der Waals surface area contributed by atoms with Crippen LogP contribution in [0.5, 0.6) is 0 Å². The van der Waals surface area contributed by atoms with Gasteiger partial charge in [0.25, 0.3) is 0 Å². The van der Waals surface area contributed by atoms with E-state index in [9.17, 15) is 21.6 Å². The van der Waals surface area contributed by atoms with Crippen LogP contribution in [0.4, 0.5) is 18.9 Å². The van der Waals surface area contributed by atoms with E-state index in [0.29, 0.717) is 11.4 Å². The Hall–Kier alpha value is -0.930. The van der Waals surface area contributed by atoms with Gasteiger partial charge in [-0.3, -0.25) is 0 Å². The molecule has 1 rings (SSSR count). The fourth-order valence-electron chi connectivity index (χ4n) is 1.42. The number of sulfonamides is 1. The van der Waals surface area contributed by atoms with Crippen LogP contribution >= 0.6 is 11.8 Å². The van der Waals surface area contributed by atoms with Crippen molar-refractivity contribution < 1.29 is 21.6 Å². The van der Waals surface area contributed by atoms with Gasteiger partial charge in [0.2, 0.25) is 10.0 Å². The second-order valence-corrected chi connectivity index (χ2v) is 7.44. The highest BCUT2D eigenvalue weighted by Crippen LogP contribution is 2.21. The minimum Gasteiger partial charge on any atom is -0.399 e. The fraction of sp³-hybridized carbons (Fsp3) is 0.500. The van der Waals surface area contributed by atoms with Crippen LogP contribution in [-0.4, -0.2) is 32.6 Å². The Morgan fingerprint density at radius 1 is 1.19 bits per heavy atom. The number of hydrogen-bond acceptors (Lipinski definition) is 4. The summed E-state index contributed by atoms with van der Waals surface area (Å²) in [4.78, 5) is 0.886. The van der Waals surface area contributed by atoms with E-state index in [1.165, 1.54) is 11.8 Å².